The maximum atomic E-state index is 11.8. The molecular weight excluding hydrogens is 246 g/mol. The first-order valence-corrected chi connectivity index (χ1v) is 6.58. The van der Waals surface area contributed by atoms with E-state index in [0.29, 0.717) is 5.01 Å². The monoisotopic (exact) mass is 261 g/mol. The van der Waals surface area contributed by atoms with Gasteiger partial charge in [0.25, 0.3) is 0 Å². The summed E-state index contributed by atoms with van der Waals surface area (Å²) in [6.45, 7) is 3.77. The highest BCUT2D eigenvalue weighted by Crippen LogP contribution is 2.28. The van der Waals surface area contributed by atoms with E-state index in [2.05, 4.69) is 4.98 Å². The van der Waals surface area contributed by atoms with Gasteiger partial charge in [0.15, 0.2) is 10.8 Å². The van der Waals surface area contributed by atoms with E-state index >= 15 is 0 Å². The van der Waals surface area contributed by atoms with Gasteiger partial charge in [-0.2, -0.15) is 0 Å². The predicted molar refractivity (Wildman–Crippen MR) is 73.3 cm³/mol. The number of nitrogens with zero attached hydrogens (tertiary/aromatic N) is 1. The molecule has 0 unspecified atom stereocenters. The summed E-state index contributed by atoms with van der Waals surface area (Å²) in [6, 6.07) is 7.74. The number of thiazole rings is 1. The molecule has 0 aliphatic heterocycles. The van der Waals surface area contributed by atoms with Crippen LogP contribution in [0, 0.1) is 5.92 Å². The zero-order chi connectivity index (χ0) is 13.1. The Morgan fingerprint density at radius 1 is 1.28 bits per heavy atom. The van der Waals surface area contributed by atoms with Crippen LogP contribution in [0.2, 0.25) is 0 Å². The van der Waals surface area contributed by atoms with Crippen molar-refractivity contribution in [3.63, 3.8) is 0 Å². The molecule has 2 aromatic rings. The Balaban J connectivity index is 2.26. The van der Waals surface area contributed by atoms with E-state index in [1.54, 1.807) is 13.3 Å². The molecule has 1 aromatic carbocycles. The lowest BCUT2D eigenvalue weighted by atomic mass is 10.1. The van der Waals surface area contributed by atoms with Gasteiger partial charge in [-0.3, -0.25) is 4.79 Å². The molecule has 0 aliphatic rings. The molecule has 94 valence electrons. The molecule has 0 amide bonds. The standard InChI is InChI=1S/C14H15NO2S/c1-9(2)13(16)14-15-8-12(18-14)10-4-6-11(17-3)7-5-10/h4-9H,1-3H3. The van der Waals surface area contributed by atoms with Crippen molar-refractivity contribution in [1.82, 2.24) is 4.98 Å². The average Bonchev–Trinajstić information content (AvgIpc) is 2.87. The summed E-state index contributed by atoms with van der Waals surface area (Å²) in [6.07, 6.45) is 1.75. The normalized spacial score (nSPS) is 10.7. The minimum Gasteiger partial charge on any atom is -0.497 e. The summed E-state index contributed by atoms with van der Waals surface area (Å²) in [7, 11) is 1.64. The van der Waals surface area contributed by atoms with Gasteiger partial charge in [0.05, 0.1) is 12.0 Å². The SMILES string of the molecule is COc1ccc(-c2cnc(C(=O)C(C)C)s2)cc1. The van der Waals surface area contributed by atoms with Crippen LogP contribution in [-0.4, -0.2) is 17.9 Å². The molecule has 18 heavy (non-hydrogen) atoms. The fraction of sp³-hybridized carbons (Fsp3) is 0.286. The van der Waals surface area contributed by atoms with Crippen molar-refractivity contribution in [2.24, 2.45) is 5.92 Å². The summed E-state index contributed by atoms with van der Waals surface area (Å²) < 4.78 is 5.11. The number of carbonyl (C=O) groups is 1. The first-order chi connectivity index (χ1) is 8.61. The van der Waals surface area contributed by atoms with Gasteiger partial charge in [-0.15, -0.1) is 11.3 Å². The predicted octanol–water partition coefficient (Wildman–Crippen LogP) is 3.66. The van der Waals surface area contributed by atoms with Crippen molar-refractivity contribution >= 4 is 17.1 Å². The van der Waals surface area contributed by atoms with E-state index in [1.807, 2.05) is 38.1 Å². The van der Waals surface area contributed by atoms with Crippen LogP contribution in [0.3, 0.4) is 0 Å². The minimum atomic E-state index is -0.0140. The molecular formula is C14H15NO2S. The Hall–Kier alpha value is -1.68. The van der Waals surface area contributed by atoms with Gasteiger partial charge in [0.2, 0.25) is 0 Å². The number of ketones is 1. The number of methoxy groups -OCH3 is 1. The van der Waals surface area contributed by atoms with Crippen LogP contribution in [0.1, 0.15) is 23.6 Å². The van der Waals surface area contributed by atoms with Crippen LogP contribution in [0.25, 0.3) is 10.4 Å². The lowest BCUT2D eigenvalue weighted by Gasteiger charge is -2.00. The van der Waals surface area contributed by atoms with E-state index in [4.69, 9.17) is 4.74 Å². The number of aromatic nitrogens is 1. The molecule has 0 aliphatic carbocycles. The molecule has 0 spiro atoms. The molecule has 0 fully saturated rings. The van der Waals surface area contributed by atoms with Crippen LogP contribution in [-0.2, 0) is 0 Å². The summed E-state index contributed by atoms with van der Waals surface area (Å²) in [5.74, 6) is 0.904. The average molecular weight is 261 g/mol. The highest BCUT2D eigenvalue weighted by Gasteiger charge is 2.15. The van der Waals surface area contributed by atoms with E-state index in [1.165, 1.54) is 11.3 Å². The fourth-order valence-corrected chi connectivity index (χ4v) is 2.53. The van der Waals surface area contributed by atoms with E-state index in [9.17, 15) is 4.79 Å². The van der Waals surface area contributed by atoms with Gasteiger partial charge < -0.3 is 4.74 Å². The summed E-state index contributed by atoms with van der Waals surface area (Å²) in [5, 5.41) is 0.579. The van der Waals surface area contributed by atoms with Crippen LogP contribution in [0.4, 0.5) is 0 Å². The van der Waals surface area contributed by atoms with Crippen molar-refractivity contribution in [3.05, 3.63) is 35.5 Å². The van der Waals surface area contributed by atoms with Crippen molar-refractivity contribution in [3.8, 4) is 16.2 Å². The molecule has 0 saturated carbocycles. The van der Waals surface area contributed by atoms with Crippen LogP contribution in [0.15, 0.2) is 30.5 Å². The van der Waals surface area contributed by atoms with Gasteiger partial charge in [-0.25, -0.2) is 4.98 Å². The summed E-state index contributed by atoms with van der Waals surface area (Å²) in [5.41, 5.74) is 1.05. The lowest BCUT2D eigenvalue weighted by Crippen LogP contribution is -2.06. The van der Waals surface area contributed by atoms with Gasteiger partial charge in [0, 0.05) is 12.1 Å². The first kappa shape index (κ1) is 12.8. The Morgan fingerprint density at radius 2 is 1.94 bits per heavy atom. The van der Waals surface area contributed by atoms with Crippen molar-refractivity contribution in [2.45, 2.75) is 13.8 Å². The minimum absolute atomic E-state index is 0.0140. The number of benzene rings is 1. The molecule has 1 aromatic heterocycles. The van der Waals surface area contributed by atoms with Gasteiger partial charge in [-0.1, -0.05) is 13.8 Å². The van der Waals surface area contributed by atoms with Gasteiger partial charge >= 0.3 is 0 Å². The molecule has 0 bridgehead atoms. The molecule has 0 N–H and O–H groups in total. The zero-order valence-electron chi connectivity index (χ0n) is 10.6. The number of rotatable bonds is 4. The second-order valence-corrected chi connectivity index (χ2v) is 5.31. The molecule has 0 atom stereocenters. The third kappa shape index (κ3) is 2.59. The van der Waals surface area contributed by atoms with E-state index < -0.39 is 0 Å². The Kier molecular flexibility index (Phi) is 3.77. The van der Waals surface area contributed by atoms with E-state index in [-0.39, 0.29) is 11.7 Å². The summed E-state index contributed by atoms with van der Waals surface area (Å²) in [4.78, 5) is 17.0. The van der Waals surface area contributed by atoms with Gasteiger partial charge in [-0.05, 0) is 29.8 Å². The highest BCUT2D eigenvalue weighted by molar-refractivity contribution is 7.17. The summed E-state index contributed by atoms with van der Waals surface area (Å²) >= 11 is 1.43. The van der Waals surface area contributed by atoms with Crippen molar-refractivity contribution in [2.75, 3.05) is 7.11 Å². The second-order valence-electron chi connectivity index (χ2n) is 4.28. The van der Waals surface area contributed by atoms with Crippen molar-refractivity contribution in [1.29, 1.82) is 0 Å². The molecule has 0 saturated heterocycles. The molecule has 1 heterocycles. The van der Waals surface area contributed by atoms with Crippen molar-refractivity contribution < 1.29 is 9.53 Å². The van der Waals surface area contributed by atoms with Crippen LogP contribution in [0.5, 0.6) is 5.75 Å². The fourth-order valence-electron chi connectivity index (χ4n) is 1.52. The number of hydrogen-bond donors (Lipinski definition) is 0. The number of Topliss-reactive ketones (excluding diaryl/α,β-unsaturated/α-hetero) is 1. The molecule has 3 nitrogen and oxygen atoms in total. The smallest absolute Gasteiger partial charge is 0.193 e. The quantitative estimate of drug-likeness (QED) is 0.788. The maximum absolute atomic E-state index is 11.8. The first-order valence-electron chi connectivity index (χ1n) is 5.76. The molecule has 4 heteroatoms. The number of carbonyl (C=O) groups excluding carboxylic acids is 1. The Morgan fingerprint density at radius 3 is 2.50 bits per heavy atom. The third-order valence-electron chi connectivity index (χ3n) is 2.62. The second kappa shape index (κ2) is 5.31. The zero-order valence-corrected chi connectivity index (χ0v) is 11.5. The Labute approximate surface area is 110 Å². The maximum Gasteiger partial charge on any atom is 0.193 e. The third-order valence-corrected chi connectivity index (χ3v) is 3.68. The Bertz CT molecular complexity index is 543. The van der Waals surface area contributed by atoms with Crippen LogP contribution >= 0.6 is 11.3 Å². The molecule has 2 rings (SSSR count). The van der Waals surface area contributed by atoms with E-state index in [0.717, 1.165) is 16.2 Å². The molecule has 0 radical (unpaired) electrons. The highest BCUT2D eigenvalue weighted by atomic mass is 32.1. The van der Waals surface area contributed by atoms with Gasteiger partial charge in [0.1, 0.15) is 5.75 Å². The number of hydrogen-bond acceptors (Lipinski definition) is 4. The largest absolute Gasteiger partial charge is 0.497 e. The number of ether oxygens (including phenoxy) is 1. The van der Waals surface area contributed by atoms with Crippen LogP contribution < -0.4 is 4.74 Å². The lowest BCUT2D eigenvalue weighted by molar-refractivity contribution is 0.0939. The topological polar surface area (TPSA) is 39.2 Å².